The number of hydrogen-bond donors (Lipinski definition) is 2. The van der Waals surface area contributed by atoms with Crippen LogP contribution in [0.5, 0.6) is 0 Å². The predicted octanol–water partition coefficient (Wildman–Crippen LogP) is 2.95. The molecule has 0 bridgehead atoms. The van der Waals surface area contributed by atoms with Gasteiger partial charge in [0.15, 0.2) is 11.6 Å². The van der Waals surface area contributed by atoms with Crippen LogP contribution in [0, 0.1) is 6.92 Å². The minimum absolute atomic E-state index is 0.154. The lowest BCUT2D eigenvalue weighted by atomic mass is 10.2. The Hall–Kier alpha value is -3.23. The molecular weight excluding hydrogens is 334 g/mol. The lowest BCUT2D eigenvalue weighted by Crippen LogP contribution is -2.31. The van der Waals surface area contributed by atoms with Crippen molar-refractivity contribution >= 4 is 11.7 Å². The maximum absolute atomic E-state index is 12.3. The number of benzene rings is 1. The minimum atomic E-state index is -0.262. The Kier molecular flexibility index (Phi) is 4.97. The molecule has 0 fully saturated rings. The van der Waals surface area contributed by atoms with Gasteiger partial charge < -0.3 is 14.7 Å². The third-order valence-corrected chi connectivity index (χ3v) is 3.69. The van der Waals surface area contributed by atoms with Crippen molar-refractivity contribution in [3.8, 4) is 11.4 Å². The van der Waals surface area contributed by atoms with Crippen molar-refractivity contribution in [1.82, 2.24) is 30.2 Å². The van der Waals surface area contributed by atoms with Crippen molar-refractivity contribution in [2.45, 2.75) is 33.2 Å². The molecule has 0 unspecified atom stereocenters. The lowest BCUT2D eigenvalue weighted by Gasteiger charge is -2.16. The topological polar surface area (TPSA) is 113 Å². The van der Waals surface area contributed by atoms with Gasteiger partial charge in [-0.1, -0.05) is 19.0 Å². The van der Waals surface area contributed by atoms with Crippen LogP contribution < -0.4 is 5.32 Å². The molecule has 0 saturated carbocycles. The third-order valence-electron chi connectivity index (χ3n) is 3.69. The molecule has 0 aliphatic carbocycles. The fourth-order valence-electron chi connectivity index (χ4n) is 2.24. The zero-order chi connectivity index (χ0) is 18.7. The second-order valence-electron chi connectivity index (χ2n) is 6.31. The molecule has 2 N–H and O–H groups in total. The van der Waals surface area contributed by atoms with Crippen LogP contribution in [0.1, 0.15) is 37.3 Å². The average Bonchev–Trinajstić information content (AvgIpc) is 3.25. The van der Waals surface area contributed by atoms with E-state index in [9.17, 15) is 4.79 Å². The molecule has 0 saturated heterocycles. The molecule has 2 heterocycles. The fourth-order valence-corrected chi connectivity index (χ4v) is 2.24. The number of carbonyl (C=O) groups excluding carboxylic acids is 1. The number of nitrogens with one attached hydrogen (secondary N) is 2. The highest BCUT2D eigenvalue weighted by atomic mass is 16.5. The molecule has 1 aromatic carbocycles. The number of aromatic nitrogens is 5. The summed E-state index contributed by atoms with van der Waals surface area (Å²) in [6, 6.07) is 7.05. The number of amides is 2. The standard InChI is InChI=1S/C17H21N7O2/c1-10(2)16-20-14(23-26-16)9-24(4)17(25)19-13-7-5-12(6-8-13)15-18-11(3)21-22-15/h5-8,10H,9H2,1-4H3,(H,19,25)(H,18,21,22). The van der Waals surface area contributed by atoms with Crippen LogP contribution in [0.4, 0.5) is 10.5 Å². The van der Waals surface area contributed by atoms with Gasteiger partial charge in [0.2, 0.25) is 5.89 Å². The van der Waals surface area contributed by atoms with E-state index in [-0.39, 0.29) is 18.5 Å². The zero-order valence-electron chi connectivity index (χ0n) is 15.1. The molecule has 9 heteroatoms. The van der Waals surface area contributed by atoms with Gasteiger partial charge in [-0.05, 0) is 31.2 Å². The summed E-state index contributed by atoms with van der Waals surface area (Å²) in [6.07, 6.45) is 0. The van der Waals surface area contributed by atoms with Gasteiger partial charge in [-0.3, -0.25) is 5.10 Å². The van der Waals surface area contributed by atoms with Gasteiger partial charge in [0.05, 0.1) is 6.54 Å². The maximum atomic E-state index is 12.3. The van der Waals surface area contributed by atoms with Gasteiger partial charge in [0, 0.05) is 24.2 Å². The van der Waals surface area contributed by atoms with Crippen molar-refractivity contribution < 1.29 is 9.32 Å². The van der Waals surface area contributed by atoms with Gasteiger partial charge in [0.25, 0.3) is 0 Å². The molecule has 3 aromatic rings. The molecule has 9 nitrogen and oxygen atoms in total. The van der Waals surface area contributed by atoms with Crippen LogP contribution in [-0.2, 0) is 6.54 Å². The van der Waals surface area contributed by atoms with E-state index < -0.39 is 0 Å². The quantitative estimate of drug-likeness (QED) is 0.727. The van der Waals surface area contributed by atoms with Crippen LogP contribution in [0.25, 0.3) is 11.4 Å². The van der Waals surface area contributed by atoms with E-state index in [1.54, 1.807) is 19.2 Å². The Balaban J connectivity index is 1.59. The Morgan fingerprint density at radius 2 is 2.00 bits per heavy atom. The number of aryl methyl sites for hydroxylation is 1. The van der Waals surface area contributed by atoms with E-state index in [1.165, 1.54) is 4.90 Å². The summed E-state index contributed by atoms with van der Waals surface area (Å²) < 4.78 is 5.15. The molecule has 2 amide bonds. The first-order valence-corrected chi connectivity index (χ1v) is 8.26. The lowest BCUT2D eigenvalue weighted by molar-refractivity contribution is 0.219. The molecular formula is C17H21N7O2. The second kappa shape index (κ2) is 7.34. The van der Waals surface area contributed by atoms with Gasteiger partial charge in [-0.2, -0.15) is 10.1 Å². The van der Waals surface area contributed by atoms with Crippen LogP contribution in [0.15, 0.2) is 28.8 Å². The molecule has 3 rings (SSSR count). The van der Waals surface area contributed by atoms with E-state index in [4.69, 9.17) is 4.52 Å². The Morgan fingerprint density at radius 1 is 1.27 bits per heavy atom. The van der Waals surface area contributed by atoms with E-state index in [0.717, 1.165) is 11.4 Å². The normalized spacial score (nSPS) is 11.0. The monoisotopic (exact) mass is 355 g/mol. The molecule has 136 valence electrons. The molecule has 26 heavy (non-hydrogen) atoms. The summed E-state index contributed by atoms with van der Waals surface area (Å²) in [6.45, 7) is 6.04. The summed E-state index contributed by atoms with van der Waals surface area (Å²) in [5.74, 6) is 2.56. The summed E-state index contributed by atoms with van der Waals surface area (Å²) >= 11 is 0. The highest BCUT2D eigenvalue weighted by Crippen LogP contribution is 2.18. The first-order chi connectivity index (χ1) is 12.4. The fraction of sp³-hybridized carbons (Fsp3) is 0.353. The summed E-state index contributed by atoms with van der Waals surface area (Å²) in [4.78, 5) is 22.3. The molecule has 0 aliphatic rings. The van der Waals surface area contributed by atoms with Gasteiger partial charge in [-0.15, -0.1) is 0 Å². The first-order valence-electron chi connectivity index (χ1n) is 8.26. The van der Waals surface area contributed by atoms with Crippen molar-refractivity contribution in [3.63, 3.8) is 0 Å². The smallest absolute Gasteiger partial charge is 0.321 e. The van der Waals surface area contributed by atoms with E-state index >= 15 is 0 Å². The summed E-state index contributed by atoms with van der Waals surface area (Å²) in [5.41, 5.74) is 1.54. The SMILES string of the molecule is Cc1nc(-c2ccc(NC(=O)N(C)Cc3noc(C(C)C)n3)cc2)n[nH]1. The second-order valence-corrected chi connectivity index (χ2v) is 6.31. The number of anilines is 1. The highest BCUT2D eigenvalue weighted by Gasteiger charge is 2.15. The van der Waals surface area contributed by atoms with Gasteiger partial charge in [0.1, 0.15) is 5.82 Å². The first kappa shape index (κ1) is 17.6. The number of H-pyrrole nitrogens is 1. The van der Waals surface area contributed by atoms with Crippen molar-refractivity contribution in [2.75, 3.05) is 12.4 Å². The van der Waals surface area contributed by atoms with Crippen LogP contribution in [-0.4, -0.2) is 43.3 Å². The Labute approximate surface area is 150 Å². The van der Waals surface area contributed by atoms with Crippen molar-refractivity contribution in [2.24, 2.45) is 0 Å². The maximum Gasteiger partial charge on any atom is 0.321 e. The Bertz CT molecular complexity index is 883. The van der Waals surface area contributed by atoms with Crippen LogP contribution in [0.2, 0.25) is 0 Å². The predicted molar refractivity (Wildman–Crippen MR) is 95.4 cm³/mol. The van der Waals surface area contributed by atoms with E-state index in [1.807, 2.05) is 32.9 Å². The van der Waals surface area contributed by atoms with Crippen molar-refractivity contribution in [3.05, 3.63) is 41.8 Å². The van der Waals surface area contributed by atoms with Gasteiger partial charge >= 0.3 is 6.03 Å². The van der Waals surface area contributed by atoms with Crippen LogP contribution >= 0.6 is 0 Å². The van der Waals surface area contributed by atoms with E-state index in [2.05, 4.69) is 30.6 Å². The number of urea groups is 1. The number of hydrogen-bond acceptors (Lipinski definition) is 6. The number of aromatic amines is 1. The number of rotatable bonds is 5. The molecule has 2 aromatic heterocycles. The largest absolute Gasteiger partial charge is 0.339 e. The third kappa shape index (κ3) is 4.05. The number of carbonyl (C=O) groups is 1. The molecule has 0 radical (unpaired) electrons. The summed E-state index contributed by atoms with van der Waals surface area (Å²) in [5, 5.41) is 13.6. The molecule has 0 atom stereocenters. The van der Waals surface area contributed by atoms with Crippen molar-refractivity contribution in [1.29, 1.82) is 0 Å². The summed E-state index contributed by atoms with van der Waals surface area (Å²) in [7, 11) is 1.67. The average molecular weight is 355 g/mol. The Morgan fingerprint density at radius 3 is 2.58 bits per heavy atom. The number of nitrogens with zero attached hydrogens (tertiary/aromatic N) is 5. The minimum Gasteiger partial charge on any atom is -0.339 e. The zero-order valence-corrected chi connectivity index (χ0v) is 15.1. The molecule has 0 spiro atoms. The molecule has 0 aliphatic heterocycles. The van der Waals surface area contributed by atoms with Crippen LogP contribution in [0.3, 0.4) is 0 Å². The van der Waals surface area contributed by atoms with Gasteiger partial charge in [-0.25, -0.2) is 9.78 Å². The highest BCUT2D eigenvalue weighted by molar-refractivity contribution is 5.89. The van der Waals surface area contributed by atoms with E-state index in [0.29, 0.717) is 23.2 Å².